The maximum absolute atomic E-state index is 12.4. The van der Waals surface area contributed by atoms with E-state index in [1.54, 1.807) is 37.3 Å². The molecule has 1 amide bonds. The second-order valence-corrected chi connectivity index (χ2v) is 8.68. The van der Waals surface area contributed by atoms with Crippen molar-refractivity contribution in [3.8, 4) is 5.75 Å². The van der Waals surface area contributed by atoms with Gasteiger partial charge in [0.1, 0.15) is 11.5 Å². The predicted octanol–water partition coefficient (Wildman–Crippen LogP) is 5.11. The fourth-order valence-electron chi connectivity index (χ4n) is 2.77. The summed E-state index contributed by atoms with van der Waals surface area (Å²) in [6, 6.07) is 18.8. The lowest BCUT2D eigenvalue weighted by molar-refractivity contribution is 0.0948. The van der Waals surface area contributed by atoms with Gasteiger partial charge < -0.3 is 19.8 Å². The van der Waals surface area contributed by atoms with E-state index in [4.69, 9.17) is 9.15 Å². The zero-order valence-corrected chi connectivity index (χ0v) is 18.3. The number of hydrogen-bond acceptors (Lipinski definition) is 8. The van der Waals surface area contributed by atoms with Crippen molar-refractivity contribution >= 4 is 39.8 Å². The Morgan fingerprint density at radius 1 is 1.13 bits per heavy atom. The predicted molar refractivity (Wildman–Crippen MR) is 122 cm³/mol. The van der Waals surface area contributed by atoms with Crippen molar-refractivity contribution in [2.24, 2.45) is 0 Å². The lowest BCUT2D eigenvalue weighted by Crippen LogP contribution is -2.22. The Morgan fingerprint density at radius 3 is 2.87 bits per heavy atom. The molecule has 0 aliphatic heterocycles. The summed E-state index contributed by atoms with van der Waals surface area (Å²) in [7, 11) is 1.64. The van der Waals surface area contributed by atoms with Gasteiger partial charge >= 0.3 is 0 Å². The van der Waals surface area contributed by atoms with Crippen LogP contribution in [0.3, 0.4) is 0 Å². The number of nitrogens with zero attached hydrogens (tertiary/aromatic N) is 2. The highest BCUT2D eigenvalue weighted by Crippen LogP contribution is 2.30. The van der Waals surface area contributed by atoms with Crippen LogP contribution >= 0.6 is 23.1 Å². The van der Waals surface area contributed by atoms with Crippen molar-refractivity contribution in [1.29, 1.82) is 0 Å². The molecular formula is C22H20N4O3S2. The normalized spacial score (nSPS) is 10.6. The third-order valence-electron chi connectivity index (χ3n) is 4.28. The summed E-state index contributed by atoms with van der Waals surface area (Å²) in [5.74, 6) is 2.04. The smallest absolute Gasteiger partial charge is 0.251 e. The molecule has 4 aromatic rings. The summed E-state index contributed by atoms with van der Waals surface area (Å²) < 4.78 is 11.3. The molecule has 0 saturated carbocycles. The van der Waals surface area contributed by atoms with Crippen molar-refractivity contribution in [2.75, 3.05) is 12.4 Å². The van der Waals surface area contributed by atoms with E-state index in [2.05, 4.69) is 20.8 Å². The van der Waals surface area contributed by atoms with Crippen LogP contribution in [-0.2, 0) is 12.3 Å². The Labute approximate surface area is 187 Å². The Kier molecular flexibility index (Phi) is 6.85. The SMILES string of the molecule is COc1cccc(Nc2nnc(SCc3cccc(C(=O)NCc4ccco4)c3)s2)c1. The fourth-order valence-corrected chi connectivity index (χ4v) is 4.49. The van der Waals surface area contributed by atoms with Crippen LogP contribution < -0.4 is 15.4 Å². The molecule has 0 radical (unpaired) electrons. The van der Waals surface area contributed by atoms with E-state index in [1.807, 2.05) is 48.5 Å². The molecule has 0 aliphatic rings. The Hall–Kier alpha value is -3.30. The Bertz CT molecular complexity index is 1150. The quantitative estimate of drug-likeness (QED) is 0.341. The van der Waals surface area contributed by atoms with Crippen LogP contribution in [-0.4, -0.2) is 23.2 Å². The first kappa shape index (κ1) is 21.0. The van der Waals surface area contributed by atoms with Gasteiger partial charge in [0.2, 0.25) is 5.13 Å². The average Bonchev–Trinajstić information content (AvgIpc) is 3.48. The van der Waals surface area contributed by atoms with Crippen molar-refractivity contribution < 1.29 is 13.9 Å². The van der Waals surface area contributed by atoms with Gasteiger partial charge in [-0.3, -0.25) is 4.79 Å². The molecule has 0 unspecified atom stereocenters. The minimum atomic E-state index is -0.135. The summed E-state index contributed by atoms with van der Waals surface area (Å²) in [6.07, 6.45) is 1.59. The van der Waals surface area contributed by atoms with Crippen molar-refractivity contribution in [2.45, 2.75) is 16.6 Å². The average molecular weight is 453 g/mol. The number of nitrogens with one attached hydrogen (secondary N) is 2. The van der Waals surface area contributed by atoms with Gasteiger partial charge in [-0.25, -0.2) is 0 Å². The molecule has 2 aromatic carbocycles. The molecule has 2 N–H and O–H groups in total. The van der Waals surface area contributed by atoms with Gasteiger partial charge in [-0.05, 0) is 42.0 Å². The molecule has 158 valence electrons. The molecule has 0 bridgehead atoms. The Morgan fingerprint density at radius 2 is 2.03 bits per heavy atom. The van der Waals surface area contributed by atoms with E-state index in [9.17, 15) is 4.79 Å². The number of amides is 1. The first-order valence-corrected chi connectivity index (χ1v) is 11.3. The highest BCUT2D eigenvalue weighted by molar-refractivity contribution is 8.00. The molecule has 4 rings (SSSR count). The third-order valence-corrected chi connectivity index (χ3v) is 6.33. The molecule has 0 atom stereocenters. The van der Waals surface area contributed by atoms with Crippen molar-refractivity contribution in [3.63, 3.8) is 0 Å². The fraction of sp³-hybridized carbons (Fsp3) is 0.136. The van der Waals surface area contributed by atoms with Gasteiger partial charge in [0.15, 0.2) is 4.34 Å². The molecule has 0 fully saturated rings. The molecule has 31 heavy (non-hydrogen) atoms. The lowest BCUT2D eigenvalue weighted by Gasteiger charge is -2.05. The van der Waals surface area contributed by atoms with Gasteiger partial charge in [0.05, 0.1) is 19.9 Å². The van der Waals surface area contributed by atoms with Gasteiger partial charge in [0.25, 0.3) is 5.91 Å². The van der Waals surface area contributed by atoms with E-state index in [0.29, 0.717) is 23.0 Å². The highest BCUT2D eigenvalue weighted by Gasteiger charge is 2.09. The zero-order chi connectivity index (χ0) is 21.5. The monoisotopic (exact) mass is 452 g/mol. The largest absolute Gasteiger partial charge is 0.497 e. The van der Waals surface area contributed by atoms with E-state index < -0.39 is 0 Å². The van der Waals surface area contributed by atoms with Crippen LogP contribution in [0.15, 0.2) is 75.7 Å². The molecule has 0 spiro atoms. The number of anilines is 2. The van der Waals surface area contributed by atoms with Gasteiger partial charge in [0, 0.05) is 23.1 Å². The number of hydrogen-bond donors (Lipinski definition) is 2. The maximum atomic E-state index is 12.4. The molecule has 2 aromatic heterocycles. The summed E-state index contributed by atoms with van der Waals surface area (Å²) >= 11 is 3.05. The number of carbonyl (C=O) groups is 1. The first-order chi connectivity index (χ1) is 15.2. The molecule has 7 nitrogen and oxygen atoms in total. The number of ether oxygens (including phenoxy) is 1. The summed E-state index contributed by atoms with van der Waals surface area (Å²) in [4.78, 5) is 12.4. The van der Waals surface area contributed by atoms with Gasteiger partial charge in [-0.2, -0.15) is 0 Å². The maximum Gasteiger partial charge on any atom is 0.251 e. The van der Waals surface area contributed by atoms with Gasteiger partial charge in [-0.1, -0.05) is 41.3 Å². The van der Waals surface area contributed by atoms with E-state index in [0.717, 1.165) is 27.1 Å². The van der Waals surface area contributed by atoms with Crippen LogP contribution in [0.5, 0.6) is 5.75 Å². The van der Waals surface area contributed by atoms with Crippen molar-refractivity contribution in [3.05, 3.63) is 83.8 Å². The van der Waals surface area contributed by atoms with Crippen LogP contribution in [0.2, 0.25) is 0 Å². The van der Waals surface area contributed by atoms with Gasteiger partial charge in [-0.15, -0.1) is 10.2 Å². The van der Waals surface area contributed by atoms with E-state index >= 15 is 0 Å². The number of rotatable bonds is 9. The second kappa shape index (κ2) is 10.1. The third kappa shape index (κ3) is 5.87. The van der Waals surface area contributed by atoms with E-state index in [-0.39, 0.29) is 5.91 Å². The van der Waals surface area contributed by atoms with Crippen LogP contribution in [0.25, 0.3) is 0 Å². The minimum absolute atomic E-state index is 0.135. The highest BCUT2D eigenvalue weighted by atomic mass is 32.2. The van der Waals surface area contributed by atoms with Crippen LogP contribution in [0.4, 0.5) is 10.8 Å². The number of furan rings is 1. The number of thioether (sulfide) groups is 1. The zero-order valence-electron chi connectivity index (χ0n) is 16.7. The minimum Gasteiger partial charge on any atom is -0.497 e. The number of benzene rings is 2. The van der Waals surface area contributed by atoms with E-state index in [1.165, 1.54) is 11.3 Å². The second-order valence-electron chi connectivity index (χ2n) is 6.48. The standard InChI is InChI=1S/C22H20N4O3S2/c1-28-18-8-3-7-17(12-18)24-21-25-26-22(31-21)30-14-15-5-2-6-16(11-15)20(27)23-13-19-9-4-10-29-19/h2-12H,13-14H2,1H3,(H,23,27)(H,24,25). The van der Waals surface area contributed by atoms with Crippen molar-refractivity contribution in [1.82, 2.24) is 15.5 Å². The summed E-state index contributed by atoms with van der Waals surface area (Å²) in [6.45, 7) is 0.360. The number of methoxy groups -OCH3 is 1. The molecule has 0 saturated heterocycles. The molecule has 9 heteroatoms. The summed E-state index contributed by atoms with van der Waals surface area (Å²) in [5, 5.41) is 15.2. The first-order valence-electron chi connectivity index (χ1n) is 9.46. The Balaban J connectivity index is 1.32. The number of aromatic nitrogens is 2. The van der Waals surface area contributed by atoms with Crippen LogP contribution in [0.1, 0.15) is 21.7 Å². The summed E-state index contributed by atoms with van der Waals surface area (Å²) in [5.41, 5.74) is 2.54. The lowest BCUT2D eigenvalue weighted by atomic mass is 10.1. The molecular weight excluding hydrogens is 432 g/mol. The molecule has 0 aliphatic carbocycles. The van der Waals surface area contributed by atoms with Crippen LogP contribution in [0, 0.1) is 0 Å². The molecule has 2 heterocycles. The number of carbonyl (C=O) groups excluding carboxylic acids is 1. The topological polar surface area (TPSA) is 89.3 Å².